The highest BCUT2D eigenvalue weighted by atomic mass is 16.5. The lowest BCUT2D eigenvalue weighted by Gasteiger charge is -2.13. The van der Waals surface area contributed by atoms with Crippen LogP contribution in [0.2, 0.25) is 0 Å². The molecule has 124 valence electrons. The molecule has 0 heterocycles. The van der Waals surface area contributed by atoms with Crippen molar-refractivity contribution >= 4 is 0 Å². The van der Waals surface area contributed by atoms with Gasteiger partial charge in [0.25, 0.3) is 0 Å². The molecule has 0 aromatic heterocycles. The van der Waals surface area contributed by atoms with Crippen LogP contribution in [0.15, 0.2) is 30.9 Å². The molecule has 0 aliphatic heterocycles. The van der Waals surface area contributed by atoms with E-state index >= 15 is 0 Å². The third-order valence-corrected chi connectivity index (χ3v) is 2.91. The van der Waals surface area contributed by atoms with E-state index in [-0.39, 0.29) is 6.10 Å². The molecule has 0 aliphatic rings. The van der Waals surface area contributed by atoms with Crippen molar-refractivity contribution in [2.45, 2.75) is 26.5 Å². The first-order chi connectivity index (χ1) is 10.7. The van der Waals surface area contributed by atoms with E-state index < -0.39 is 0 Å². The number of hydrogen-bond acceptors (Lipinski definition) is 5. The summed E-state index contributed by atoms with van der Waals surface area (Å²) in [7, 11) is 0. The Morgan fingerprint density at radius 1 is 1.23 bits per heavy atom. The molecule has 0 aliphatic carbocycles. The first kappa shape index (κ1) is 18.5. The molecule has 0 unspecified atom stereocenters. The topological polar surface area (TPSA) is 62.8 Å². The summed E-state index contributed by atoms with van der Waals surface area (Å²) >= 11 is 0. The van der Waals surface area contributed by atoms with E-state index in [1.165, 1.54) is 0 Å². The molecule has 22 heavy (non-hydrogen) atoms. The molecular weight excluding hydrogens is 280 g/mol. The monoisotopic (exact) mass is 308 g/mol. The van der Waals surface area contributed by atoms with E-state index in [0.717, 1.165) is 36.7 Å². The number of ether oxygens (including phenoxy) is 2. The maximum atomic E-state index is 9.14. The van der Waals surface area contributed by atoms with Crippen molar-refractivity contribution in [2.75, 3.05) is 32.8 Å². The zero-order valence-electron chi connectivity index (χ0n) is 13.6. The summed E-state index contributed by atoms with van der Waals surface area (Å²) in [4.78, 5) is 0. The summed E-state index contributed by atoms with van der Waals surface area (Å²) in [6.07, 6.45) is 1.41. The highest BCUT2D eigenvalue weighted by Gasteiger charge is 2.06. The molecule has 1 aromatic rings. The second-order valence-corrected chi connectivity index (χ2v) is 5.04. The minimum Gasteiger partial charge on any atom is -0.490 e. The highest BCUT2D eigenvalue weighted by Crippen LogP contribution is 2.28. The summed E-state index contributed by atoms with van der Waals surface area (Å²) in [5.74, 6) is 1.50. The van der Waals surface area contributed by atoms with Gasteiger partial charge in [-0.05, 0) is 31.5 Å². The van der Waals surface area contributed by atoms with Gasteiger partial charge in [-0.3, -0.25) is 0 Å². The van der Waals surface area contributed by atoms with Gasteiger partial charge in [-0.15, -0.1) is 0 Å². The van der Waals surface area contributed by atoms with Crippen LogP contribution in [0, 0.1) is 0 Å². The predicted octanol–water partition coefficient (Wildman–Crippen LogP) is 1.71. The quantitative estimate of drug-likeness (QED) is 0.405. The van der Waals surface area contributed by atoms with E-state index in [1.807, 2.05) is 25.1 Å². The minimum atomic E-state index is -0.308. The lowest BCUT2D eigenvalue weighted by atomic mass is 10.2. The molecule has 5 heteroatoms. The number of hydrogen-bond donors (Lipinski definition) is 3. The molecule has 0 bridgehead atoms. The highest BCUT2D eigenvalue weighted by molar-refractivity contribution is 5.43. The maximum absolute atomic E-state index is 9.14. The first-order valence-corrected chi connectivity index (χ1v) is 7.76. The van der Waals surface area contributed by atoms with Gasteiger partial charge in [0.15, 0.2) is 11.5 Å². The van der Waals surface area contributed by atoms with Gasteiger partial charge in [0.05, 0.1) is 12.7 Å². The average Bonchev–Trinajstić information content (AvgIpc) is 2.50. The number of nitrogens with one attached hydrogen (secondary N) is 2. The number of rotatable bonds is 12. The largest absolute Gasteiger partial charge is 0.490 e. The molecule has 0 amide bonds. The van der Waals surface area contributed by atoms with E-state index in [1.54, 1.807) is 13.0 Å². The van der Waals surface area contributed by atoms with Gasteiger partial charge < -0.3 is 25.2 Å². The Hall–Kier alpha value is -1.56. The van der Waals surface area contributed by atoms with E-state index in [0.29, 0.717) is 19.8 Å². The summed E-state index contributed by atoms with van der Waals surface area (Å²) in [6.45, 7) is 11.5. The molecule has 3 N–H and O–H groups in total. The number of benzene rings is 1. The molecule has 0 radical (unpaired) electrons. The Labute approximate surface area is 133 Å². The standard InChI is InChI=1S/C17H28N2O3/c1-4-10-22-16-7-6-15(11-17(16)21-5-2)13-19-9-8-18-12-14(3)20/h4,6-7,11,14,18-20H,1,5,8-10,12-13H2,2-3H3/t14-/m1/s1. The normalized spacial score (nSPS) is 12.0. The predicted molar refractivity (Wildman–Crippen MR) is 89.6 cm³/mol. The zero-order valence-corrected chi connectivity index (χ0v) is 13.6. The fourth-order valence-corrected chi connectivity index (χ4v) is 1.92. The summed E-state index contributed by atoms with van der Waals surface area (Å²) in [5, 5.41) is 15.7. The lowest BCUT2D eigenvalue weighted by molar-refractivity contribution is 0.191. The van der Waals surface area contributed by atoms with Crippen molar-refractivity contribution in [3.63, 3.8) is 0 Å². The van der Waals surface area contributed by atoms with Gasteiger partial charge in [0.2, 0.25) is 0 Å². The second kappa shape index (κ2) is 11.1. The summed E-state index contributed by atoms with van der Waals surface area (Å²) in [5.41, 5.74) is 1.14. The molecule has 1 aromatic carbocycles. The van der Waals surface area contributed by atoms with Crippen LogP contribution in [-0.4, -0.2) is 44.1 Å². The zero-order chi connectivity index (χ0) is 16.2. The molecule has 0 fully saturated rings. The van der Waals surface area contributed by atoms with Crippen LogP contribution in [0.3, 0.4) is 0 Å². The van der Waals surface area contributed by atoms with Gasteiger partial charge >= 0.3 is 0 Å². The molecule has 1 atom stereocenters. The van der Waals surface area contributed by atoms with Gasteiger partial charge in [-0.1, -0.05) is 18.7 Å². The fraction of sp³-hybridized carbons (Fsp3) is 0.529. The SMILES string of the molecule is C=CCOc1ccc(CNCCNC[C@@H](C)O)cc1OCC. The third kappa shape index (κ3) is 7.45. The molecule has 5 nitrogen and oxygen atoms in total. The Morgan fingerprint density at radius 3 is 2.68 bits per heavy atom. The van der Waals surface area contributed by atoms with Crippen LogP contribution >= 0.6 is 0 Å². The van der Waals surface area contributed by atoms with E-state index in [4.69, 9.17) is 14.6 Å². The van der Waals surface area contributed by atoms with Crippen molar-refractivity contribution in [1.82, 2.24) is 10.6 Å². The Bertz CT molecular complexity index is 436. The Balaban J connectivity index is 2.42. The van der Waals surface area contributed by atoms with Crippen molar-refractivity contribution < 1.29 is 14.6 Å². The molecule has 1 rings (SSSR count). The molecule has 0 spiro atoms. The van der Waals surface area contributed by atoms with Gasteiger partial charge in [-0.25, -0.2) is 0 Å². The fourth-order valence-electron chi connectivity index (χ4n) is 1.92. The maximum Gasteiger partial charge on any atom is 0.161 e. The Morgan fingerprint density at radius 2 is 2.00 bits per heavy atom. The minimum absolute atomic E-state index is 0.308. The average molecular weight is 308 g/mol. The second-order valence-electron chi connectivity index (χ2n) is 5.04. The van der Waals surface area contributed by atoms with E-state index in [2.05, 4.69) is 17.2 Å². The summed E-state index contributed by atoms with van der Waals surface area (Å²) < 4.78 is 11.2. The van der Waals surface area contributed by atoms with Gasteiger partial charge in [0.1, 0.15) is 6.61 Å². The lowest BCUT2D eigenvalue weighted by Crippen LogP contribution is -2.31. The van der Waals surface area contributed by atoms with Crippen molar-refractivity contribution in [3.05, 3.63) is 36.4 Å². The molecular formula is C17H28N2O3. The Kier molecular flexibility index (Phi) is 9.30. The van der Waals surface area contributed by atoms with Crippen LogP contribution in [-0.2, 0) is 6.54 Å². The molecule has 0 saturated heterocycles. The van der Waals surface area contributed by atoms with Crippen LogP contribution < -0.4 is 20.1 Å². The van der Waals surface area contributed by atoms with Crippen molar-refractivity contribution in [1.29, 1.82) is 0 Å². The third-order valence-electron chi connectivity index (χ3n) is 2.91. The smallest absolute Gasteiger partial charge is 0.161 e. The number of aliphatic hydroxyl groups excluding tert-OH is 1. The van der Waals surface area contributed by atoms with E-state index in [9.17, 15) is 0 Å². The summed E-state index contributed by atoms with van der Waals surface area (Å²) in [6, 6.07) is 5.95. The van der Waals surface area contributed by atoms with Crippen molar-refractivity contribution in [3.8, 4) is 11.5 Å². The van der Waals surface area contributed by atoms with Gasteiger partial charge in [0, 0.05) is 26.2 Å². The first-order valence-electron chi connectivity index (χ1n) is 7.76. The molecule has 0 saturated carbocycles. The van der Waals surface area contributed by atoms with Gasteiger partial charge in [-0.2, -0.15) is 0 Å². The van der Waals surface area contributed by atoms with Crippen molar-refractivity contribution in [2.24, 2.45) is 0 Å². The van der Waals surface area contributed by atoms with Crippen LogP contribution in [0.25, 0.3) is 0 Å². The van der Waals surface area contributed by atoms with Crippen LogP contribution in [0.5, 0.6) is 11.5 Å². The number of aliphatic hydroxyl groups is 1. The van der Waals surface area contributed by atoms with Crippen LogP contribution in [0.1, 0.15) is 19.4 Å². The van der Waals surface area contributed by atoms with Crippen LogP contribution in [0.4, 0.5) is 0 Å².